The Kier molecular flexibility index (Phi) is 6.93. The van der Waals surface area contributed by atoms with Gasteiger partial charge in [-0.2, -0.15) is 8.42 Å². The van der Waals surface area contributed by atoms with Gasteiger partial charge in [0.25, 0.3) is 10.1 Å². The highest BCUT2D eigenvalue weighted by molar-refractivity contribution is 7.86. The predicted molar refractivity (Wildman–Crippen MR) is 128 cm³/mol. The van der Waals surface area contributed by atoms with Crippen LogP contribution >= 0.6 is 0 Å². The molecule has 7 rings (SSSR count). The third kappa shape index (κ3) is 4.75. The number of hydrogen-bond acceptors (Lipinski definition) is 5. The Hall–Kier alpha value is -2.20. The minimum Gasteiger partial charge on any atom is -0.452 e. The van der Waals surface area contributed by atoms with Crippen LogP contribution in [-0.4, -0.2) is 25.6 Å². The van der Waals surface area contributed by atoms with E-state index in [2.05, 4.69) is 0 Å². The van der Waals surface area contributed by atoms with Crippen LogP contribution in [0.1, 0.15) is 77.7 Å². The largest absolute Gasteiger partial charge is 0.452 e. The van der Waals surface area contributed by atoms with Crippen LogP contribution in [0.3, 0.4) is 0 Å². The summed E-state index contributed by atoms with van der Waals surface area (Å²) in [7, 11) is -4.14. The Morgan fingerprint density at radius 2 is 1.14 bits per heavy atom. The lowest BCUT2D eigenvalue weighted by molar-refractivity contribution is -0.163. The van der Waals surface area contributed by atoms with Crippen LogP contribution in [0.5, 0.6) is 0 Å². The number of benzene rings is 1. The van der Waals surface area contributed by atoms with Gasteiger partial charge < -0.3 is 4.74 Å². The fraction of sp³-hybridized carbons (Fsp3) is 0.593. The standard InChI is InChI=1S/C16H18F2O3S.C11H14F2O2/c1-11-3-5-12(6-4-11)22(19,20)21-16-9-7-15(2,8-10-16)13(17)14(16)18;1-7(14)15-11-5-3-10(2,4-6-11)8(12)9(11)13/h3-6H,7-10H2,1-2H3;3-6H2,1-2H3. The highest BCUT2D eigenvalue weighted by Gasteiger charge is 2.57. The van der Waals surface area contributed by atoms with Crippen molar-refractivity contribution in [3.63, 3.8) is 0 Å². The van der Waals surface area contributed by atoms with E-state index in [4.69, 9.17) is 8.92 Å². The zero-order valence-corrected chi connectivity index (χ0v) is 22.2. The molecule has 2 fully saturated rings. The molecule has 1 aromatic carbocycles. The third-order valence-corrected chi connectivity index (χ3v) is 9.87. The lowest BCUT2D eigenvalue weighted by Gasteiger charge is -2.48. The number of ether oxygens (including phenoxy) is 1. The maximum atomic E-state index is 14.4. The lowest BCUT2D eigenvalue weighted by Crippen LogP contribution is -2.48. The second-order valence-corrected chi connectivity index (χ2v) is 12.9. The van der Waals surface area contributed by atoms with Gasteiger partial charge in [0, 0.05) is 17.8 Å². The third-order valence-electron chi connectivity index (χ3n) is 8.49. The Labute approximate surface area is 215 Å². The Morgan fingerprint density at radius 1 is 0.730 bits per heavy atom. The van der Waals surface area contributed by atoms with Crippen LogP contribution in [0.25, 0.3) is 0 Å². The van der Waals surface area contributed by atoms with Crippen LogP contribution in [0.15, 0.2) is 52.5 Å². The summed E-state index contributed by atoms with van der Waals surface area (Å²) in [5.41, 5.74) is -3.56. The number of halogens is 4. The second-order valence-electron chi connectivity index (χ2n) is 11.3. The molecule has 5 nitrogen and oxygen atoms in total. The van der Waals surface area contributed by atoms with Crippen LogP contribution in [-0.2, 0) is 23.8 Å². The van der Waals surface area contributed by atoms with Gasteiger partial charge in [-0.15, -0.1) is 0 Å². The average molecular weight is 545 g/mol. The zero-order valence-electron chi connectivity index (χ0n) is 21.4. The van der Waals surface area contributed by atoms with E-state index < -0.39 is 61.4 Å². The van der Waals surface area contributed by atoms with E-state index in [9.17, 15) is 30.8 Å². The molecule has 0 aromatic heterocycles. The van der Waals surface area contributed by atoms with Crippen LogP contribution < -0.4 is 0 Å². The first kappa shape index (κ1) is 27.8. The molecule has 0 heterocycles. The van der Waals surface area contributed by atoms with Gasteiger partial charge in [-0.3, -0.25) is 8.98 Å². The van der Waals surface area contributed by atoms with Gasteiger partial charge in [0.1, 0.15) is 17.3 Å². The Morgan fingerprint density at radius 3 is 1.57 bits per heavy atom. The van der Waals surface area contributed by atoms with Crippen molar-refractivity contribution in [1.82, 2.24) is 0 Å². The summed E-state index contributed by atoms with van der Waals surface area (Å²) in [4.78, 5) is 10.8. The van der Waals surface area contributed by atoms with Crippen molar-refractivity contribution in [2.75, 3.05) is 0 Å². The summed E-state index contributed by atoms with van der Waals surface area (Å²) in [5, 5.41) is 0. The highest BCUT2D eigenvalue weighted by atomic mass is 32.2. The molecule has 0 amide bonds. The van der Waals surface area contributed by atoms with E-state index in [1.54, 1.807) is 26.0 Å². The van der Waals surface area contributed by atoms with E-state index in [0.717, 1.165) is 5.56 Å². The molecule has 0 saturated heterocycles. The van der Waals surface area contributed by atoms with Crippen molar-refractivity contribution in [2.45, 2.75) is 95.2 Å². The predicted octanol–water partition coefficient (Wildman–Crippen LogP) is 7.22. The maximum absolute atomic E-state index is 14.4. The molecule has 0 aliphatic heterocycles. The van der Waals surface area contributed by atoms with Gasteiger partial charge in [0.05, 0.1) is 4.90 Å². The molecule has 0 spiro atoms. The molecule has 204 valence electrons. The number of hydrogen-bond donors (Lipinski definition) is 0. The fourth-order valence-corrected chi connectivity index (χ4v) is 6.95. The van der Waals surface area contributed by atoms with E-state index in [-0.39, 0.29) is 17.7 Å². The van der Waals surface area contributed by atoms with Gasteiger partial charge in [-0.25, -0.2) is 17.6 Å². The van der Waals surface area contributed by atoms with Crippen LogP contribution in [0, 0.1) is 17.8 Å². The van der Waals surface area contributed by atoms with Crippen molar-refractivity contribution in [3.8, 4) is 0 Å². The number of carbonyl (C=O) groups is 1. The number of fused-ring (bicyclic) bond motifs is 4. The molecule has 4 bridgehead atoms. The van der Waals surface area contributed by atoms with Crippen LogP contribution in [0.4, 0.5) is 17.6 Å². The lowest BCUT2D eigenvalue weighted by atomic mass is 9.63. The molecule has 1 aromatic rings. The van der Waals surface area contributed by atoms with Gasteiger partial charge >= 0.3 is 5.97 Å². The van der Waals surface area contributed by atoms with E-state index >= 15 is 0 Å². The molecule has 37 heavy (non-hydrogen) atoms. The molecule has 0 radical (unpaired) electrons. The summed E-state index contributed by atoms with van der Waals surface area (Å²) in [6, 6.07) is 6.10. The van der Waals surface area contributed by atoms with Crippen molar-refractivity contribution in [1.29, 1.82) is 0 Å². The molecule has 0 atom stereocenters. The fourth-order valence-electron chi connectivity index (χ4n) is 5.72. The summed E-state index contributed by atoms with van der Waals surface area (Å²) in [5.74, 6) is -4.05. The molecule has 10 heteroatoms. The maximum Gasteiger partial charge on any atom is 0.303 e. The van der Waals surface area contributed by atoms with Gasteiger partial charge in [-0.1, -0.05) is 31.5 Å². The van der Waals surface area contributed by atoms with E-state index in [0.29, 0.717) is 38.5 Å². The monoisotopic (exact) mass is 544 g/mol. The summed E-state index contributed by atoms with van der Waals surface area (Å²) < 4.78 is 91.0. The smallest absolute Gasteiger partial charge is 0.303 e. The molecular formula is C27H32F4O5S. The zero-order chi connectivity index (χ0) is 27.4. The molecule has 6 aliphatic rings. The van der Waals surface area contributed by atoms with Gasteiger partial charge in [0.15, 0.2) is 17.3 Å². The SMILES string of the molecule is CC(=O)OC12CCC(C)(CC1)C(F)=C2F.Cc1ccc(S(=O)(=O)OC23CCC(C)(CC2)C(F)=C3F)cc1. The topological polar surface area (TPSA) is 69.7 Å². The summed E-state index contributed by atoms with van der Waals surface area (Å²) in [6.45, 7) is 6.44. The van der Waals surface area contributed by atoms with Crippen molar-refractivity contribution in [2.24, 2.45) is 10.8 Å². The molecule has 2 saturated carbocycles. The number of allylic oxidation sites excluding steroid dienone is 2. The molecule has 6 aliphatic carbocycles. The minimum atomic E-state index is -4.14. The second kappa shape index (κ2) is 9.22. The minimum absolute atomic E-state index is 0.0420. The van der Waals surface area contributed by atoms with Crippen molar-refractivity contribution in [3.05, 3.63) is 53.1 Å². The molecule has 0 N–H and O–H groups in total. The van der Waals surface area contributed by atoms with Gasteiger partial charge in [0.2, 0.25) is 0 Å². The van der Waals surface area contributed by atoms with Gasteiger partial charge in [-0.05, 0) is 70.4 Å². The Bertz CT molecular complexity index is 1250. The van der Waals surface area contributed by atoms with E-state index in [1.807, 2.05) is 6.92 Å². The summed E-state index contributed by atoms with van der Waals surface area (Å²) >= 11 is 0. The normalized spacial score (nSPS) is 34.8. The number of aryl methyl sites for hydroxylation is 1. The summed E-state index contributed by atoms with van der Waals surface area (Å²) in [6.07, 6.45) is 2.98. The molecule has 0 unspecified atom stereocenters. The average Bonchev–Trinajstić information content (AvgIpc) is 2.84. The van der Waals surface area contributed by atoms with Crippen molar-refractivity contribution < 1.29 is 39.7 Å². The number of esters is 1. The quantitative estimate of drug-likeness (QED) is 0.227. The first-order valence-corrected chi connectivity index (χ1v) is 13.8. The Balaban J connectivity index is 0.000000186. The number of carbonyl (C=O) groups excluding carboxylic acids is 1. The first-order chi connectivity index (χ1) is 17.1. The van der Waals surface area contributed by atoms with Crippen molar-refractivity contribution >= 4 is 16.1 Å². The highest BCUT2D eigenvalue weighted by Crippen LogP contribution is 2.59. The number of rotatable bonds is 4. The molecular weight excluding hydrogens is 512 g/mol. The van der Waals surface area contributed by atoms with Crippen LogP contribution in [0.2, 0.25) is 0 Å². The van der Waals surface area contributed by atoms with E-state index in [1.165, 1.54) is 19.1 Å². The first-order valence-electron chi connectivity index (χ1n) is 12.4.